The first-order valence-electron chi connectivity index (χ1n) is 6.47. The maximum absolute atomic E-state index is 12.4. The summed E-state index contributed by atoms with van der Waals surface area (Å²) in [5, 5.41) is 9.13. The fourth-order valence-electron chi connectivity index (χ4n) is 2.74. The quantitative estimate of drug-likeness (QED) is 0.917. The van der Waals surface area contributed by atoms with Gasteiger partial charge in [-0.25, -0.2) is 0 Å². The van der Waals surface area contributed by atoms with Crippen LogP contribution in [0.3, 0.4) is 0 Å². The van der Waals surface area contributed by atoms with Gasteiger partial charge in [0.25, 0.3) is 0 Å². The second-order valence-corrected chi connectivity index (χ2v) is 6.85. The average molecular weight is 340 g/mol. The molecule has 1 aromatic carbocycles. The van der Waals surface area contributed by atoms with Crippen molar-refractivity contribution >= 4 is 27.8 Å². The van der Waals surface area contributed by atoms with Crippen molar-refractivity contribution in [1.29, 1.82) is 0 Å². The van der Waals surface area contributed by atoms with Gasteiger partial charge in [0.1, 0.15) is 0 Å². The van der Waals surface area contributed by atoms with Crippen LogP contribution in [0, 0.1) is 17.3 Å². The van der Waals surface area contributed by atoms with Crippen molar-refractivity contribution < 1.29 is 14.7 Å². The van der Waals surface area contributed by atoms with Gasteiger partial charge in [0.2, 0.25) is 5.91 Å². The standard InChI is InChI=1S/C15H18BrNO3/c1-15(2)11(12(15)14(19)20)13(18)17(3)8-9-4-6-10(16)7-5-9/h4-7,11-12H,8H2,1-3H3,(H,19,20)/t11-,12+/m1/s1. The summed E-state index contributed by atoms with van der Waals surface area (Å²) in [4.78, 5) is 25.1. The minimum Gasteiger partial charge on any atom is -0.481 e. The first-order chi connectivity index (χ1) is 9.25. The summed E-state index contributed by atoms with van der Waals surface area (Å²) < 4.78 is 0.990. The monoisotopic (exact) mass is 339 g/mol. The van der Waals surface area contributed by atoms with E-state index in [1.54, 1.807) is 11.9 Å². The van der Waals surface area contributed by atoms with Gasteiger partial charge in [-0.15, -0.1) is 0 Å². The molecule has 0 unspecified atom stereocenters. The molecule has 20 heavy (non-hydrogen) atoms. The lowest BCUT2D eigenvalue weighted by Crippen LogP contribution is -2.29. The SMILES string of the molecule is CN(Cc1ccc(Br)cc1)C(=O)[C@H]1[C@@H](C(=O)O)C1(C)C. The first-order valence-corrected chi connectivity index (χ1v) is 7.26. The Kier molecular flexibility index (Phi) is 3.91. The Bertz CT molecular complexity index is 539. The topological polar surface area (TPSA) is 57.6 Å². The van der Waals surface area contributed by atoms with E-state index in [2.05, 4.69) is 15.9 Å². The van der Waals surface area contributed by atoms with Crippen molar-refractivity contribution in [2.75, 3.05) is 7.05 Å². The zero-order valence-corrected chi connectivity index (χ0v) is 13.3. The predicted molar refractivity (Wildman–Crippen MR) is 79.0 cm³/mol. The summed E-state index contributed by atoms with van der Waals surface area (Å²) in [6, 6.07) is 7.74. The molecule has 0 radical (unpaired) electrons. The van der Waals surface area contributed by atoms with Crippen molar-refractivity contribution in [1.82, 2.24) is 4.90 Å². The number of aliphatic carboxylic acids is 1. The van der Waals surface area contributed by atoms with Gasteiger partial charge in [0.05, 0.1) is 11.8 Å². The van der Waals surface area contributed by atoms with Crippen molar-refractivity contribution in [2.45, 2.75) is 20.4 Å². The Morgan fingerprint density at radius 2 is 1.80 bits per heavy atom. The summed E-state index contributed by atoms with van der Waals surface area (Å²) in [5.41, 5.74) is 0.575. The number of rotatable bonds is 4. The van der Waals surface area contributed by atoms with E-state index in [-0.39, 0.29) is 5.91 Å². The van der Waals surface area contributed by atoms with Crippen LogP contribution in [0.15, 0.2) is 28.7 Å². The van der Waals surface area contributed by atoms with E-state index in [9.17, 15) is 9.59 Å². The molecule has 1 aliphatic rings. The number of hydrogen-bond donors (Lipinski definition) is 1. The minimum absolute atomic E-state index is 0.0923. The van der Waals surface area contributed by atoms with E-state index in [4.69, 9.17) is 5.11 Å². The number of nitrogens with zero attached hydrogens (tertiary/aromatic N) is 1. The summed E-state index contributed by atoms with van der Waals surface area (Å²) in [5.74, 6) is -1.96. The molecule has 0 aliphatic heterocycles. The molecule has 1 amide bonds. The van der Waals surface area contributed by atoms with Crippen LogP contribution in [-0.4, -0.2) is 28.9 Å². The summed E-state index contributed by atoms with van der Waals surface area (Å²) in [7, 11) is 1.72. The van der Waals surface area contributed by atoms with Gasteiger partial charge in [0.15, 0.2) is 0 Å². The first kappa shape index (κ1) is 15.0. The minimum atomic E-state index is -0.884. The Labute approximate surface area is 126 Å². The van der Waals surface area contributed by atoms with Crippen LogP contribution in [0.2, 0.25) is 0 Å². The largest absolute Gasteiger partial charge is 0.481 e. The molecule has 0 bridgehead atoms. The van der Waals surface area contributed by atoms with Gasteiger partial charge in [-0.05, 0) is 23.1 Å². The number of hydrogen-bond acceptors (Lipinski definition) is 2. The molecule has 1 aromatic rings. The van der Waals surface area contributed by atoms with Crippen LogP contribution in [0.5, 0.6) is 0 Å². The van der Waals surface area contributed by atoms with E-state index in [0.29, 0.717) is 6.54 Å². The number of halogens is 1. The highest BCUT2D eigenvalue weighted by Gasteiger charge is 2.66. The van der Waals surface area contributed by atoms with Gasteiger partial charge in [-0.1, -0.05) is 41.9 Å². The number of amides is 1. The molecule has 0 heterocycles. The molecule has 2 rings (SSSR count). The molecular weight excluding hydrogens is 322 g/mol. The summed E-state index contributed by atoms with van der Waals surface area (Å²) in [6.07, 6.45) is 0. The third kappa shape index (κ3) is 2.73. The highest BCUT2D eigenvalue weighted by Crippen LogP contribution is 2.58. The van der Waals surface area contributed by atoms with Crippen molar-refractivity contribution in [3.63, 3.8) is 0 Å². The molecule has 1 fully saturated rings. The summed E-state index contributed by atoms with van der Waals surface area (Å²) >= 11 is 3.37. The van der Waals surface area contributed by atoms with E-state index in [0.717, 1.165) is 10.0 Å². The molecule has 1 saturated carbocycles. The highest BCUT2D eigenvalue weighted by molar-refractivity contribution is 9.10. The Morgan fingerprint density at radius 1 is 1.25 bits per heavy atom. The lowest BCUT2D eigenvalue weighted by atomic mass is 10.1. The fraction of sp³-hybridized carbons (Fsp3) is 0.467. The zero-order chi connectivity index (χ0) is 15.1. The maximum Gasteiger partial charge on any atom is 0.307 e. The van der Waals surface area contributed by atoms with Crippen LogP contribution in [-0.2, 0) is 16.1 Å². The lowest BCUT2D eigenvalue weighted by molar-refractivity contribution is -0.141. The highest BCUT2D eigenvalue weighted by atomic mass is 79.9. The van der Waals surface area contributed by atoms with Gasteiger partial charge >= 0.3 is 5.97 Å². The van der Waals surface area contributed by atoms with Gasteiger partial charge in [-0.2, -0.15) is 0 Å². The number of carboxylic acid groups (broad SMARTS) is 1. The second-order valence-electron chi connectivity index (χ2n) is 5.94. The van der Waals surface area contributed by atoms with E-state index < -0.39 is 23.2 Å². The second kappa shape index (κ2) is 5.20. The molecule has 1 N–H and O–H groups in total. The van der Waals surface area contributed by atoms with Crippen LogP contribution in [0.4, 0.5) is 0 Å². The van der Waals surface area contributed by atoms with Crippen LogP contribution >= 0.6 is 15.9 Å². The Hall–Kier alpha value is -1.36. The normalized spacial score (nSPS) is 23.2. The van der Waals surface area contributed by atoms with Crippen LogP contribution in [0.25, 0.3) is 0 Å². The molecule has 4 nitrogen and oxygen atoms in total. The third-order valence-electron chi connectivity index (χ3n) is 4.07. The van der Waals surface area contributed by atoms with Crippen molar-refractivity contribution in [2.24, 2.45) is 17.3 Å². The number of carbonyl (C=O) groups is 2. The number of benzene rings is 1. The molecule has 1 aliphatic carbocycles. The Morgan fingerprint density at radius 3 is 2.25 bits per heavy atom. The average Bonchev–Trinajstić information content (AvgIpc) is 2.94. The van der Waals surface area contributed by atoms with Crippen LogP contribution < -0.4 is 0 Å². The smallest absolute Gasteiger partial charge is 0.307 e. The third-order valence-corrected chi connectivity index (χ3v) is 4.60. The summed E-state index contributed by atoms with van der Waals surface area (Å²) in [6.45, 7) is 4.16. The zero-order valence-electron chi connectivity index (χ0n) is 11.8. The molecule has 0 spiro atoms. The lowest BCUT2D eigenvalue weighted by Gasteiger charge is -2.18. The fourth-order valence-corrected chi connectivity index (χ4v) is 3.00. The molecular formula is C15H18BrNO3. The number of carbonyl (C=O) groups excluding carboxylic acids is 1. The van der Waals surface area contributed by atoms with Crippen LogP contribution in [0.1, 0.15) is 19.4 Å². The van der Waals surface area contributed by atoms with Gasteiger partial charge in [0, 0.05) is 18.1 Å². The van der Waals surface area contributed by atoms with E-state index in [1.807, 2.05) is 38.1 Å². The predicted octanol–water partition coefficient (Wildman–Crippen LogP) is 2.76. The Balaban J connectivity index is 2.03. The van der Waals surface area contributed by atoms with Crippen molar-refractivity contribution in [3.05, 3.63) is 34.3 Å². The van der Waals surface area contributed by atoms with Crippen molar-refractivity contribution in [3.8, 4) is 0 Å². The number of carboxylic acids is 1. The molecule has 0 saturated heterocycles. The molecule has 108 valence electrons. The maximum atomic E-state index is 12.4. The van der Waals surface area contributed by atoms with E-state index in [1.165, 1.54) is 0 Å². The van der Waals surface area contributed by atoms with Gasteiger partial charge < -0.3 is 10.0 Å². The molecule has 0 aromatic heterocycles. The van der Waals surface area contributed by atoms with E-state index >= 15 is 0 Å². The molecule has 5 heteroatoms. The molecule has 2 atom stereocenters. The van der Waals surface area contributed by atoms with Gasteiger partial charge in [-0.3, -0.25) is 9.59 Å².